The Morgan fingerprint density at radius 2 is 1.92 bits per heavy atom. The molecule has 1 heterocycles. The molecule has 3 rings (SSSR count). The third kappa shape index (κ3) is 4.35. The number of aromatic hydroxyl groups is 1. The summed E-state index contributed by atoms with van der Waals surface area (Å²) in [5.74, 6) is 1.90. The summed E-state index contributed by atoms with van der Waals surface area (Å²) in [4.78, 5) is 0. The van der Waals surface area contributed by atoms with Gasteiger partial charge in [-0.15, -0.1) is 0 Å². The van der Waals surface area contributed by atoms with Gasteiger partial charge in [0.1, 0.15) is 11.5 Å². The Bertz CT molecular complexity index is 678. The van der Waals surface area contributed by atoms with Gasteiger partial charge in [-0.25, -0.2) is 0 Å². The molecule has 2 N–H and O–H groups in total. The lowest BCUT2D eigenvalue weighted by Gasteiger charge is -2.18. The Morgan fingerprint density at radius 1 is 1.12 bits per heavy atom. The molecule has 0 amide bonds. The van der Waals surface area contributed by atoms with E-state index in [1.54, 1.807) is 36.4 Å². The highest BCUT2D eigenvalue weighted by Crippen LogP contribution is 2.38. The Labute approximate surface area is 152 Å². The summed E-state index contributed by atoms with van der Waals surface area (Å²) < 4.78 is 6.00. The fourth-order valence-electron chi connectivity index (χ4n) is 3.09. The van der Waals surface area contributed by atoms with E-state index in [1.165, 1.54) is 19.3 Å². The molecule has 0 aliphatic carbocycles. The molecule has 5 heteroatoms. The molecule has 0 radical (unpaired) electrons. The zero-order chi connectivity index (χ0) is 16.9. The van der Waals surface area contributed by atoms with E-state index < -0.39 is 0 Å². The minimum Gasteiger partial charge on any atom is -0.508 e. The van der Waals surface area contributed by atoms with Crippen molar-refractivity contribution >= 4 is 23.2 Å². The molecule has 1 aliphatic rings. The lowest BCUT2D eigenvalue weighted by Crippen LogP contribution is -2.22. The minimum absolute atomic E-state index is 0.240. The van der Waals surface area contributed by atoms with Crippen molar-refractivity contribution in [1.82, 2.24) is 5.32 Å². The van der Waals surface area contributed by atoms with Gasteiger partial charge in [0.15, 0.2) is 5.75 Å². The molecule has 1 aliphatic heterocycles. The van der Waals surface area contributed by atoms with Gasteiger partial charge in [-0.2, -0.15) is 0 Å². The number of benzene rings is 2. The number of phenolic OH excluding ortho intramolecular Hbond substituents is 1. The predicted octanol–water partition coefficient (Wildman–Crippen LogP) is 5.42. The van der Waals surface area contributed by atoms with Crippen molar-refractivity contribution in [3.8, 4) is 17.2 Å². The molecule has 2 aromatic carbocycles. The van der Waals surface area contributed by atoms with Crippen LogP contribution in [0.1, 0.15) is 24.8 Å². The van der Waals surface area contributed by atoms with Gasteiger partial charge < -0.3 is 15.2 Å². The summed E-state index contributed by atoms with van der Waals surface area (Å²) >= 11 is 12.4. The van der Waals surface area contributed by atoms with Crippen LogP contribution < -0.4 is 10.1 Å². The maximum atomic E-state index is 9.87. The van der Waals surface area contributed by atoms with Crippen LogP contribution in [-0.2, 0) is 6.42 Å². The van der Waals surface area contributed by atoms with Crippen LogP contribution in [-0.4, -0.2) is 18.2 Å². The lowest BCUT2D eigenvalue weighted by molar-refractivity contribution is 0.438. The largest absolute Gasteiger partial charge is 0.508 e. The third-order valence-corrected chi connectivity index (χ3v) is 4.93. The number of hydrogen-bond donors (Lipinski definition) is 2. The van der Waals surface area contributed by atoms with Crippen LogP contribution in [0.3, 0.4) is 0 Å². The van der Waals surface area contributed by atoms with E-state index in [0.29, 0.717) is 27.5 Å². The molecule has 1 fully saturated rings. The number of rotatable bonds is 4. The van der Waals surface area contributed by atoms with Gasteiger partial charge in [-0.1, -0.05) is 35.7 Å². The zero-order valence-corrected chi connectivity index (χ0v) is 14.9. The number of nitrogens with one attached hydrogen (secondary N) is 1. The predicted molar refractivity (Wildman–Crippen MR) is 98.6 cm³/mol. The number of halogens is 2. The summed E-state index contributed by atoms with van der Waals surface area (Å²) in [6, 6.07) is 10.4. The fraction of sp³-hybridized carbons (Fsp3) is 0.368. The highest BCUT2D eigenvalue weighted by Gasteiger charge is 2.17. The third-order valence-electron chi connectivity index (χ3n) is 4.33. The summed E-state index contributed by atoms with van der Waals surface area (Å²) in [6.45, 7) is 2.07. The normalized spacial score (nSPS) is 18.2. The summed E-state index contributed by atoms with van der Waals surface area (Å²) in [5, 5.41) is 14.3. The molecule has 0 aromatic heterocycles. The fourth-order valence-corrected chi connectivity index (χ4v) is 3.57. The number of hydrogen-bond acceptors (Lipinski definition) is 3. The first kappa shape index (κ1) is 17.4. The Kier molecular flexibility index (Phi) is 5.88. The monoisotopic (exact) mass is 365 g/mol. The van der Waals surface area contributed by atoms with Crippen LogP contribution in [0.2, 0.25) is 10.0 Å². The van der Waals surface area contributed by atoms with E-state index in [9.17, 15) is 5.11 Å². The van der Waals surface area contributed by atoms with E-state index in [4.69, 9.17) is 27.9 Å². The molecule has 128 valence electrons. The van der Waals surface area contributed by atoms with Gasteiger partial charge in [0.05, 0.1) is 10.0 Å². The molecule has 1 unspecified atom stereocenters. The topological polar surface area (TPSA) is 41.5 Å². The first-order valence-electron chi connectivity index (χ1n) is 8.28. The maximum Gasteiger partial charge on any atom is 0.164 e. The van der Waals surface area contributed by atoms with E-state index in [1.807, 2.05) is 0 Å². The quantitative estimate of drug-likeness (QED) is 0.759. The second kappa shape index (κ2) is 8.11. The van der Waals surface area contributed by atoms with Crippen molar-refractivity contribution < 1.29 is 9.84 Å². The molecule has 1 saturated heterocycles. The van der Waals surface area contributed by atoms with E-state index in [2.05, 4.69) is 5.32 Å². The molecule has 2 aromatic rings. The van der Waals surface area contributed by atoms with E-state index >= 15 is 0 Å². The van der Waals surface area contributed by atoms with Crippen molar-refractivity contribution in [2.45, 2.75) is 25.7 Å². The average Bonchev–Trinajstić information content (AvgIpc) is 2.82. The molecule has 0 spiro atoms. The van der Waals surface area contributed by atoms with Gasteiger partial charge in [0, 0.05) is 0 Å². The molecular formula is C19H21Cl2NO2. The van der Waals surface area contributed by atoms with E-state index in [0.717, 1.165) is 25.1 Å². The first-order valence-corrected chi connectivity index (χ1v) is 9.03. The van der Waals surface area contributed by atoms with Gasteiger partial charge in [-0.3, -0.25) is 0 Å². The average molecular weight is 366 g/mol. The van der Waals surface area contributed by atoms with Crippen molar-refractivity contribution in [1.29, 1.82) is 0 Å². The molecular weight excluding hydrogens is 345 g/mol. The van der Waals surface area contributed by atoms with Crippen LogP contribution in [0.25, 0.3) is 0 Å². The smallest absolute Gasteiger partial charge is 0.164 e. The minimum atomic E-state index is 0.240. The molecule has 0 bridgehead atoms. The Hall–Kier alpha value is -1.42. The SMILES string of the molecule is Oc1ccc(Oc2c(Cl)cccc2Cl)c(CC2CCCCNC2)c1. The Balaban J connectivity index is 1.85. The second-order valence-electron chi connectivity index (χ2n) is 6.21. The van der Waals surface area contributed by atoms with Crippen LogP contribution in [0.15, 0.2) is 36.4 Å². The first-order chi connectivity index (χ1) is 11.6. The zero-order valence-electron chi connectivity index (χ0n) is 13.4. The van der Waals surface area contributed by atoms with Crippen molar-refractivity contribution in [3.05, 3.63) is 52.0 Å². The number of phenols is 1. The lowest BCUT2D eigenvalue weighted by atomic mass is 9.94. The Morgan fingerprint density at radius 3 is 2.71 bits per heavy atom. The highest BCUT2D eigenvalue weighted by atomic mass is 35.5. The van der Waals surface area contributed by atoms with Crippen LogP contribution in [0, 0.1) is 5.92 Å². The van der Waals surface area contributed by atoms with Crippen molar-refractivity contribution in [2.24, 2.45) is 5.92 Å². The number of ether oxygens (including phenoxy) is 1. The van der Waals surface area contributed by atoms with Gasteiger partial charge in [0.25, 0.3) is 0 Å². The molecule has 24 heavy (non-hydrogen) atoms. The molecule has 1 atom stereocenters. The highest BCUT2D eigenvalue weighted by molar-refractivity contribution is 6.37. The van der Waals surface area contributed by atoms with Gasteiger partial charge >= 0.3 is 0 Å². The standard InChI is InChI=1S/C19H21Cl2NO2/c20-16-5-3-6-17(21)19(16)24-18-8-7-15(23)11-14(18)10-13-4-1-2-9-22-12-13/h3,5-8,11,13,22-23H,1-2,4,9-10,12H2. The van der Waals surface area contributed by atoms with Crippen molar-refractivity contribution in [3.63, 3.8) is 0 Å². The number of para-hydroxylation sites is 1. The summed E-state index contributed by atoms with van der Waals surface area (Å²) in [5.41, 5.74) is 0.972. The van der Waals surface area contributed by atoms with Crippen LogP contribution in [0.4, 0.5) is 0 Å². The van der Waals surface area contributed by atoms with Gasteiger partial charge in [-0.05, 0) is 74.2 Å². The summed E-state index contributed by atoms with van der Waals surface area (Å²) in [6.07, 6.45) is 4.46. The van der Waals surface area contributed by atoms with Crippen molar-refractivity contribution in [2.75, 3.05) is 13.1 Å². The summed E-state index contributed by atoms with van der Waals surface area (Å²) in [7, 11) is 0. The van der Waals surface area contributed by atoms with E-state index in [-0.39, 0.29) is 5.75 Å². The van der Waals surface area contributed by atoms with Gasteiger partial charge in [0.2, 0.25) is 0 Å². The molecule has 0 saturated carbocycles. The van der Waals surface area contributed by atoms with Crippen LogP contribution in [0.5, 0.6) is 17.2 Å². The molecule has 3 nitrogen and oxygen atoms in total. The second-order valence-corrected chi connectivity index (χ2v) is 7.03. The van der Waals surface area contributed by atoms with Crippen LogP contribution >= 0.6 is 23.2 Å². The maximum absolute atomic E-state index is 9.87.